The van der Waals surface area contributed by atoms with Crippen LogP contribution in [0.1, 0.15) is 52.9 Å². The summed E-state index contributed by atoms with van der Waals surface area (Å²) in [6.07, 6.45) is 5.31. The van der Waals surface area contributed by atoms with Gasteiger partial charge in [-0.05, 0) is 62.3 Å². The third kappa shape index (κ3) is 4.60. The minimum atomic E-state index is -0.363. The van der Waals surface area contributed by atoms with Crippen molar-refractivity contribution in [1.82, 2.24) is 0 Å². The molecule has 1 aliphatic carbocycles. The molecule has 132 valence electrons. The lowest BCUT2D eigenvalue weighted by Crippen LogP contribution is -2.21. The second kappa shape index (κ2) is 8.30. The number of halogens is 1. The normalized spacial score (nSPS) is 15.0. The van der Waals surface area contributed by atoms with E-state index in [0.717, 1.165) is 41.8 Å². The molecular weight excluding hydrogens is 374 g/mol. The van der Waals surface area contributed by atoms with E-state index in [4.69, 9.17) is 28.6 Å². The Morgan fingerprint density at radius 2 is 2.00 bits per heavy atom. The highest BCUT2D eigenvalue weighted by Crippen LogP contribution is 2.26. The van der Waals surface area contributed by atoms with E-state index < -0.39 is 0 Å². The number of ether oxygens (including phenoxy) is 1. The number of carbonyl (C=O) groups excluding carboxylic acids is 1. The Balaban J connectivity index is 1.72. The number of thiocarbonyl (C=S) groups is 1. The Kier molecular flexibility index (Phi) is 6.10. The van der Waals surface area contributed by atoms with E-state index in [0.29, 0.717) is 15.6 Å². The van der Waals surface area contributed by atoms with E-state index in [9.17, 15) is 4.79 Å². The summed E-state index contributed by atoms with van der Waals surface area (Å²) < 4.78 is 5.63. The molecule has 1 saturated carbocycles. The molecule has 1 fully saturated rings. The summed E-state index contributed by atoms with van der Waals surface area (Å²) in [6.45, 7) is 2.03. The molecule has 0 spiro atoms. The zero-order valence-electron chi connectivity index (χ0n) is 14.0. The molecule has 6 heteroatoms. The van der Waals surface area contributed by atoms with Crippen molar-refractivity contribution in [3.05, 3.63) is 50.7 Å². The molecule has 0 amide bonds. The molecule has 0 radical (unpaired) electrons. The standard InChI is InChI=1S/C19H20ClNO2S2/c1-12-15(9-10-25-12)18(24)21-13-7-8-17(20)16(11-13)19(22)23-14-5-3-2-4-6-14/h7-11,14H,2-6H2,1H3,(H,21,24). The molecule has 0 atom stereocenters. The quantitative estimate of drug-likeness (QED) is 0.511. The highest BCUT2D eigenvalue weighted by Gasteiger charge is 2.21. The number of aryl methyl sites for hydroxylation is 1. The fourth-order valence-corrected chi connectivity index (χ4v) is 4.28. The molecule has 1 heterocycles. The van der Waals surface area contributed by atoms with Crippen LogP contribution in [0.5, 0.6) is 0 Å². The second-order valence-corrected chi connectivity index (χ2v) is 8.14. The first kappa shape index (κ1) is 18.4. The van der Waals surface area contributed by atoms with E-state index in [2.05, 4.69) is 5.32 Å². The topological polar surface area (TPSA) is 38.3 Å². The fraction of sp³-hybridized carbons (Fsp3) is 0.368. The highest BCUT2D eigenvalue weighted by atomic mass is 35.5. The van der Waals surface area contributed by atoms with Gasteiger partial charge in [0.2, 0.25) is 0 Å². The number of hydrogen-bond acceptors (Lipinski definition) is 4. The van der Waals surface area contributed by atoms with Gasteiger partial charge < -0.3 is 10.1 Å². The van der Waals surface area contributed by atoms with Gasteiger partial charge in [0, 0.05) is 16.1 Å². The van der Waals surface area contributed by atoms with Crippen LogP contribution in [0.2, 0.25) is 5.02 Å². The van der Waals surface area contributed by atoms with Crippen LogP contribution in [0.3, 0.4) is 0 Å². The Morgan fingerprint density at radius 1 is 1.24 bits per heavy atom. The number of esters is 1. The Hall–Kier alpha value is -1.43. The van der Waals surface area contributed by atoms with Gasteiger partial charge in [-0.2, -0.15) is 0 Å². The first-order valence-corrected chi connectivity index (χ1v) is 10.1. The van der Waals surface area contributed by atoms with Crippen LogP contribution in [-0.4, -0.2) is 17.1 Å². The van der Waals surface area contributed by atoms with Crippen molar-refractivity contribution in [2.45, 2.75) is 45.1 Å². The molecule has 1 N–H and O–H groups in total. The first-order chi connectivity index (χ1) is 12.0. The van der Waals surface area contributed by atoms with Crippen LogP contribution in [-0.2, 0) is 4.74 Å². The summed E-state index contributed by atoms with van der Waals surface area (Å²) in [5.74, 6) is -0.363. The molecule has 2 aromatic rings. The smallest absolute Gasteiger partial charge is 0.340 e. The number of benzene rings is 1. The Morgan fingerprint density at radius 3 is 2.68 bits per heavy atom. The van der Waals surface area contributed by atoms with Crippen LogP contribution in [0.15, 0.2) is 29.6 Å². The Bertz CT molecular complexity index is 781. The van der Waals surface area contributed by atoms with Gasteiger partial charge in [0.15, 0.2) is 0 Å². The fourth-order valence-electron chi connectivity index (χ4n) is 2.98. The highest BCUT2D eigenvalue weighted by molar-refractivity contribution is 7.81. The van der Waals surface area contributed by atoms with Crippen LogP contribution in [0.25, 0.3) is 0 Å². The maximum absolute atomic E-state index is 12.5. The number of hydrogen-bond donors (Lipinski definition) is 1. The van der Waals surface area contributed by atoms with E-state index in [1.165, 1.54) is 6.42 Å². The average molecular weight is 394 g/mol. The van der Waals surface area contributed by atoms with E-state index in [1.807, 2.05) is 24.4 Å². The molecule has 0 aliphatic heterocycles. The summed E-state index contributed by atoms with van der Waals surface area (Å²) >= 11 is 13.3. The number of carbonyl (C=O) groups is 1. The zero-order valence-corrected chi connectivity index (χ0v) is 16.4. The molecule has 0 unspecified atom stereocenters. The zero-order chi connectivity index (χ0) is 17.8. The summed E-state index contributed by atoms with van der Waals surface area (Å²) in [6, 6.07) is 7.21. The van der Waals surface area contributed by atoms with Gasteiger partial charge >= 0.3 is 5.97 Å². The maximum atomic E-state index is 12.5. The molecule has 3 nitrogen and oxygen atoms in total. The van der Waals surface area contributed by atoms with Crippen molar-refractivity contribution in [2.75, 3.05) is 5.32 Å². The van der Waals surface area contributed by atoms with Gasteiger partial charge in [-0.15, -0.1) is 11.3 Å². The molecule has 1 aromatic heterocycles. The molecule has 0 bridgehead atoms. The van der Waals surface area contributed by atoms with Crippen molar-refractivity contribution < 1.29 is 9.53 Å². The van der Waals surface area contributed by atoms with Crippen molar-refractivity contribution >= 4 is 51.8 Å². The van der Waals surface area contributed by atoms with E-state index in [-0.39, 0.29) is 12.1 Å². The van der Waals surface area contributed by atoms with Gasteiger partial charge in [-0.1, -0.05) is 30.2 Å². The Labute approximate surface area is 162 Å². The third-order valence-corrected chi connectivity index (χ3v) is 5.87. The summed E-state index contributed by atoms with van der Waals surface area (Å²) in [5, 5.41) is 5.58. The second-order valence-electron chi connectivity index (χ2n) is 6.20. The molecule has 1 aromatic carbocycles. The predicted octanol–water partition coefficient (Wildman–Crippen LogP) is 5.99. The van der Waals surface area contributed by atoms with Crippen LogP contribution in [0, 0.1) is 6.92 Å². The minimum Gasteiger partial charge on any atom is -0.459 e. The first-order valence-electron chi connectivity index (χ1n) is 8.40. The lowest BCUT2D eigenvalue weighted by atomic mass is 9.98. The third-order valence-electron chi connectivity index (χ3n) is 4.37. The molecule has 3 rings (SSSR count). The summed E-state index contributed by atoms with van der Waals surface area (Å²) in [5.41, 5.74) is 2.11. The van der Waals surface area contributed by atoms with Crippen molar-refractivity contribution in [3.63, 3.8) is 0 Å². The van der Waals surface area contributed by atoms with Gasteiger partial charge in [-0.25, -0.2) is 4.79 Å². The molecule has 1 aliphatic rings. The monoisotopic (exact) mass is 393 g/mol. The molecular formula is C19H20ClNO2S2. The predicted molar refractivity (Wildman–Crippen MR) is 108 cm³/mol. The number of rotatable bonds is 4. The largest absolute Gasteiger partial charge is 0.459 e. The lowest BCUT2D eigenvalue weighted by molar-refractivity contribution is 0.0211. The molecule has 25 heavy (non-hydrogen) atoms. The number of anilines is 1. The van der Waals surface area contributed by atoms with Crippen LogP contribution >= 0.6 is 35.2 Å². The van der Waals surface area contributed by atoms with E-state index >= 15 is 0 Å². The number of nitrogens with one attached hydrogen (secondary N) is 1. The van der Waals surface area contributed by atoms with Gasteiger partial charge in [0.05, 0.1) is 10.6 Å². The van der Waals surface area contributed by atoms with Crippen molar-refractivity contribution in [1.29, 1.82) is 0 Å². The summed E-state index contributed by atoms with van der Waals surface area (Å²) in [7, 11) is 0. The average Bonchev–Trinajstić information content (AvgIpc) is 3.03. The lowest BCUT2D eigenvalue weighted by Gasteiger charge is -2.22. The maximum Gasteiger partial charge on any atom is 0.340 e. The van der Waals surface area contributed by atoms with Gasteiger partial charge in [0.25, 0.3) is 0 Å². The van der Waals surface area contributed by atoms with Gasteiger partial charge in [0.1, 0.15) is 11.1 Å². The van der Waals surface area contributed by atoms with Crippen molar-refractivity contribution in [2.24, 2.45) is 0 Å². The SMILES string of the molecule is Cc1sccc1C(=S)Nc1ccc(Cl)c(C(=O)OC2CCCCC2)c1. The van der Waals surface area contributed by atoms with E-state index in [1.54, 1.807) is 23.5 Å². The van der Waals surface area contributed by atoms with Crippen molar-refractivity contribution in [3.8, 4) is 0 Å². The minimum absolute atomic E-state index is 0.00321. The van der Waals surface area contributed by atoms with Gasteiger partial charge in [-0.3, -0.25) is 0 Å². The summed E-state index contributed by atoms with van der Waals surface area (Å²) in [4.78, 5) is 14.3. The number of thiophene rings is 1. The van der Waals surface area contributed by atoms with Crippen LogP contribution in [0.4, 0.5) is 5.69 Å². The van der Waals surface area contributed by atoms with Crippen LogP contribution < -0.4 is 5.32 Å². The molecule has 0 saturated heterocycles.